The lowest BCUT2D eigenvalue weighted by Gasteiger charge is -2.24. The topological polar surface area (TPSA) is 9.23 Å². The first-order valence-corrected chi connectivity index (χ1v) is 15.5. The Kier molecular flexibility index (Phi) is 3.54. The zero-order valence-corrected chi connectivity index (χ0v) is 24.7. The molecule has 0 N–H and O–H groups in total. The van der Waals surface area contributed by atoms with Crippen molar-refractivity contribution in [3.8, 4) is 44.9 Å². The third-order valence-electron chi connectivity index (χ3n) is 9.66. The Morgan fingerprint density at radius 1 is 0.340 bits per heavy atom. The van der Waals surface area contributed by atoms with Crippen LogP contribution in [0.3, 0.4) is 0 Å². The molecule has 0 aromatic heterocycles. The van der Waals surface area contributed by atoms with Crippen molar-refractivity contribution in [2.75, 3.05) is 0 Å². The lowest BCUT2D eigenvalue weighted by molar-refractivity contribution is 0.493. The molecular formula is C46H26O. The van der Waals surface area contributed by atoms with Gasteiger partial charge in [0.1, 0.15) is 11.5 Å². The van der Waals surface area contributed by atoms with Crippen LogP contribution in [0, 0.1) is 0 Å². The summed E-state index contributed by atoms with van der Waals surface area (Å²) in [5, 5.41) is 5.93. The molecule has 47 heavy (non-hydrogen) atoms. The van der Waals surface area contributed by atoms with E-state index in [4.69, 9.17) is 13.0 Å². The van der Waals surface area contributed by atoms with E-state index < -0.39 is 30.2 Å². The summed E-state index contributed by atoms with van der Waals surface area (Å²) in [7, 11) is 0. The first-order chi connectivity index (χ1) is 27.1. The fourth-order valence-electron chi connectivity index (χ4n) is 7.63. The SMILES string of the molecule is [2H]c1c([2H])c2c([2H])c([2H])c3c([2H])c([2H])c(-c4cccc5cccc(-c6ccc7c8c(cccc68)-c6ccc8ccccc8c6O7)c45)c4c([2H])c([2H])c(c1[2H])c2c34. The molecule has 216 valence electrons. The number of benzene rings is 10. The van der Waals surface area contributed by atoms with Crippen LogP contribution in [0.15, 0.2) is 158 Å². The Labute approximate surface area is 283 Å². The van der Waals surface area contributed by atoms with Gasteiger partial charge in [0.15, 0.2) is 0 Å². The van der Waals surface area contributed by atoms with E-state index in [0.29, 0.717) is 5.56 Å². The molecule has 1 heteroatoms. The maximum absolute atomic E-state index is 9.51. The Balaban J connectivity index is 1.26. The van der Waals surface area contributed by atoms with E-state index in [9.17, 15) is 4.11 Å². The molecule has 0 saturated heterocycles. The number of hydrogen-bond donors (Lipinski definition) is 0. The van der Waals surface area contributed by atoms with Crippen LogP contribution in [-0.4, -0.2) is 0 Å². The first-order valence-electron chi connectivity index (χ1n) is 20.0. The summed E-state index contributed by atoms with van der Waals surface area (Å²) in [4.78, 5) is 0. The molecule has 1 aliphatic heterocycles. The summed E-state index contributed by atoms with van der Waals surface area (Å²) in [6.45, 7) is 0. The van der Waals surface area contributed by atoms with Gasteiger partial charge in [0.25, 0.3) is 0 Å². The number of fused-ring (bicyclic) bond motifs is 5. The monoisotopic (exact) mass is 603 g/mol. The van der Waals surface area contributed by atoms with E-state index in [2.05, 4.69) is 36.4 Å². The molecule has 0 saturated carbocycles. The van der Waals surface area contributed by atoms with Crippen LogP contribution in [0.25, 0.3) is 98.0 Å². The second kappa shape index (κ2) is 9.19. The summed E-state index contributed by atoms with van der Waals surface area (Å²) in [6, 6.07) is 30.9. The van der Waals surface area contributed by atoms with Gasteiger partial charge >= 0.3 is 0 Å². The van der Waals surface area contributed by atoms with Crippen LogP contribution in [0.4, 0.5) is 0 Å². The fourth-order valence-corrected chi connectivity index (χ4v) is 7.63. The molecule has 10 aromatic carbocycles. The van der Waals surface area contributed by atoms with Crippen LogP contribution in [-0.2, 0) is 0 Å². The molecule has 1 nitrogen and oxygen atoms in total. The fraction of sp³-hybridized carbons (Fsp3) is 0. The van der Waals surface area contributed by atoms with Crippen LogP contribution in [0.2, 0.25) is 0 Å². The minimum Gasteiger partial charge on any atom is -0.455 e. The van der Waals surface area contributed by atoms with Crippen molar-refractivity contribution in [2.24, 2.45) is 0 Å². The molecule has 1 aliphatic rings. The minimum atomic E-state index is -0.494. The standard InChI is InChI=1S/C46H26O/c1-2-12-32-27(7-1)19-24-40-38-16-6-15-37-34(25-26-41(45(37)38)47-46(32)40)36-14-5-11-28-10-4-13-35(43(28)36)33-22-20-31-18-17-29-8-3-9-30-21-23-39(33)44(31)42(29)30/h1-26H/i3D,8D,9D,17D,18D,20D,21D,22D,23D. The molecule has 0 atom stereocenters. The van der Waals surface area contributed by atoms with E-state index in [-0.39, 0.29) is 62.1 Å². The van der Waals surface area contributed by atoms with Crippen LogP contribution in [0.1, 0.15) is 12.3 Å². The Morgan fingerprint density at radius 3 is 1.83 bits per heavy atom. The maximum Gasteiger partial charge on any atom is 0.143 e. The zero-order valence-electron chi connectivity index (χ0n) is 33.7. The molecule has 0 amide bonds. The predicted molar refractivity (Wildman–Crippen MR) is 199 cm³/mol. The number of rotatable bonds is 2. The van der Waals surface area contributed by atoms with Crippen molar-refractivity contribution >= 4 is 64.6 Å². The average molecular weight is 604 g/mol. The van der Waals surface area contributed by atoms with Crippen LogP contribution < -0.4 is 4.74 Å². The van der Waals surface area contributed by atoms with Crippen LogP contribution in [0.5, 0.6) is 11.5 Å². The molecule has 0 aliphatic carbocycles. The van der Waals surface area contributed by atoms with Gasteiger partial charge < -0.3 is 4.74 Å². The van der Waals surface area contributed by atoms with Crippen molar-refractivity contribution < 1.29 is 17.1 Å². The molecule has 0 fully saturated rings. The highest BCUT2D eigenvalue weighted by Gasteiger charge is 2.24. The van der Waals surface area contributed by atoms with Crippen molar-refractivity contribution in [3.05, 3.63) is 158 Å². The van der Waals surface area contributed by atoms with Crippen molar-refractivity contribution in [1.82, 2.24) is 0 Å². The number of ether oxygens (including phenoxy) is 1. The third-order valence-corrected chi connectivity index (χ3v) is 9.66. The second-order valence-electron chi connectivity index (χ2n) is 12.1. The molecule has 10 aromatic rings. The van der Waals surface area contributed by atoms with Crippen LogP contribution >= 0.6 is 0 Å². The van der Waals surface area contributed by atoms with E-state index in [0.717, 1.165) is 66.1 Å². The molecular weight excluding hydrogens is 569 g/mol. The summed E-state index contributed by atoms with van der Waals surface area (Å²) in [5.41, 5.74) is 4.57. The van der Waals surface area contributed by atoms with Gasteiger partial charge in [-0.3, -0.25) is 0 Å². The summed E-state index contributed by atoms with van der Waals surface area (Å²) < 4.78 is 87.9. The molecule has 0 radical (unpaired) electrons. The Morgan fingerprint density at radius 2 is 0.979 bits per heavy atom. The van der Waals surface area contributed by atoms with Gasteiger partial charge in [-0.1, -0.05) is 145 Å². The normalized spacial score (nSPS) is 15.1. The quantitative estimate of drug-likeness (QED) is 0.179. The van der Waals surface area contributed by atoms with E-state index in [1.807, 2.05) is 66.7 Å². The summed E-state index contributed by atoms with van der Waals surface area (Å²) in [5.74, 6) is 1.55. The van der Waals surface area contributed by atoms with Crippen molar-refractivity contribution in [1.29, 1.82) is 0 Å². The smallest absolute Gasteiger partial charge is 0.143 e. The average Bonchev–Trinajstić information content (AvgIpc) is 3.21. The molecule has 0 bridgehead atoms. The Bertz CT molecular complexity index is 3420. The minimum absolute atomic E-state index is 0.0432. The highest BCUT2D eigenvalue weighted by molar-refractivity contribution is 6.27. The van der Waals surface area contributed by atoms with Gasteiger partial charge in [-0.2, -0.15) is 0 Å². The predicted octanol–water partition coefficient (Wildman–Crippen LogP) is 13.2. The summed E-state index contributed by atoms with van der Waals surface area (Å²) in [6.07, 6.45) is 0. The van der Waals surface area contributed by atoms with Gasteiger partial charge in [0, 0.05) is 16.3 Å². The van der Waals surface area contributed by atoms with Gasteiger partial charge in [-0.25, -0.2) is 0 Å². The largest absolute Gasteiger partial charge is 0.455 e. The first kappa shape index (κ1) is 18.1. The summed E-state index contributed by atoms with van der Waals surface area (Å²) >= 11 is 0. The molecule has 0 unspecified atom stereocenters. The van der Waals surface area contributed by atoms with Gasteiger partial charge in [-0.15, -0.1) is 0 Å². The lowest BCUT2D eigenvalue weighted by atomic mass is 9.85. The third kappa shape index (κ3) is 3.38. The van der Waals surface area contributed by atoms with E-state index >= 15 is 0 Å². The molecule has 0 spiro atoms. The van der Waals surface area contributed by atoms with E-state index in [1.165, 1.54) is 0 Å². The van der Waals surface area contributed by atoms with Gasteiger partial charge in [0.05, 0.1) is 12.3 Å². The lowest BCUT2D eigenvalue weighted by Crippen LogP contribution is -1.99. The second-order valence-corrected chi connectivity index (χ2v) is 12.1. The zero-order chi connectivity index (χ0) is 38.5. The Hall–Kier alpha value is -6.18. The van der Waals surface area contributed by atoms with Gasteiger partial charge in [0.2, 0.25) is 0 Å². The van der Waals surface area contributed by atoms with Crippen molar-refractivity contribution in [2.45, 2.75) is 0 Å². The molecule has 11 rings (SSSR count). The number of hydrogen-bond acceptors (Lipinski definition) is 1. The maximum atomic E-state index is 9.51. The van der Waals surface area contributed by atoms with E-state index in [1.54, 1.807) is 0 Å². The molecule has 1 heterocycles. The van der Waals surface area contributed by atoms with Gasteiger partial charge in [-0.05, 0) is 93.8 Å². The highest BCUT2D eigenvalue weighted by atomic mass is 16.5. The highest BCUT2D eigenvalue weighted by Crippen LogP contribution is 2.52. The van der Waals surface area contributed by atoms with Crippen molar-refractivity contribution in [3.63, 3.8) is 0 Å².